The largest absolute Gasteiger partial charge is 0.463 e. The molecule has 2 aromatic carbocycles. The molecule has 0 unspecified atom stereocenters. The minimum Gasteiger partial charge on any atom is -0.463 e. The van der Waals surface area contributed by atoms with Crippen LogP contribution in [0.4, 0.5) is 0 Å². The monoisotopic (exact) mass is 548 g/mol. The molecule has 1 atom stereocenters. The van der Waals surface area contributed by atoms with Crippen LogP contribution in [0.25, 0.3) is 17.4 Å². The third-order valence-corrected chi connectivity index (χ3v) is 7.49. The summed E-state index contributed by atoms with van der Waals surface area (Å²) in [5.41, 5.74) is 2.04. The van der Waals surface area contributed by atoms with Gasteiger partial charge in [-0.25, -0.2) is 9.79 Å². The summed E-state index contributed by atoms with van der Waals surface area (Å²) >= 11 is 7.22. The number of hydrogen-bond acceptors (Lipinski definition) is 8. The first kappa shape index (κ1) is 24.3. The van der Waals surface area contributed by atoms with E-state index in [9.17, 15) is 9.59 Å². The van der Waals surface area contributed by atoms with Crippen molar-refractivity contribution >= 4 is 35.0 Å². The fourth-order valence-electron chi connectivity index (χ4n) is 4.52. The van der Waals surface area contributed by atoms with Gasteiger partial charge in [-0.15, -0.1) is 0 Å². The molecule has 0 spiro atoms. The molecular formula is C28H21ClN2O6S. The summed E-state index contributed by atoms with van der Waals surface area (Å²) in [7, 11) is 0. The molecule has 0 fully saturated rings. The number of nitrogens with zero attached hydrogens (tertiary/aromatic N) is 2. The fraction of sp³-hybridized carbons (Fsp3) is 0.179. The van der Waals surface area contributed by atoms with Crippen molar-refractivity contribution in [2.75, 3.05) is 13.4 Å². The molecule has 8 nitrogen and oxygen atoms in total. The maximum Gasteiger partial charge on any atom is 0.338 e. The van der Waals surface area contributed by atoms with Gasteiger partial charge in [0.15, 0.2) is 16.3 Å². The predicted octanol–water partition coefficient (Wildman–Crippen LogP) is 4.44. The molecular weight excluding hydrogens is 528 g/mol. The molecule has 4 heterocycles. The lowest BCUT2D eigenvalue weighted by Gasteiger charge is -2.24. The Labute approximate surface area is 225 Å². The number of thiazole rings is 1. The first-order chi connectivity index (χ1) is 18.4. The number of furan rings is 1. The molecule has 38 heavy (non-hydrogen) atoms. The average molecular weight is 549 g/mol. The fourth-order valence-corrected chi connectivity index (χ4v) is 5.67. The summed E-state index contributed by atoms with van der Waals surface area (Å²) in [6, 6.07) is 15.6. The van der Waals surface area contributed by atoms with E-state index < -0.39 is 12.0 Å². The number of ether oxygens (including phenoxy) is 3. The SMILES string of the molecule is CCOC(=O)C1=C(C)N=c2s/c(=C/c3ccc(-c4ccc(Cl)cc4)o3)c(=O)n2[C@H]1c1ccc2c(c1)OCO2. The second kappa shape index (κ2) is 9.66. The first-order valence-corrected chi connectivity index (χ1v) is 13.1. The van der Waals surface area contributed by atoms with Crippen LogP contribution in [-0.2, 0) is 9.53 Å². The molecule has 2 aliphatic rings. The van der Waals surface area contributed by atoms with Gasteiger partial charge in [0.2, 0.25) is 6.79 Å². The van der Waals surface area contributed by atoms with Gasteiger partial charge in [0.05, 0.1) is 28.5 Å². The molecule has 192 valence electrons. The Kier molecular flexibility index (Phi) is 6.17. The second-order valence-corrected chi connectivity index (χ2v) is 10.1. The van der Waals surface area contributed by atoms with Crippen LogP contribution in [0.5, 0.6) is 11.5 Å². The number of carbonyl (C=O) groups is 1. The lowest BCUT2D eigenvalue weighted by Crippen LogP contribution is -2.39. The third kappa shape index (κ3) is 4.23. The van der Waals surface area contributed by atoms with Crippen LogP contribution in [0, 0.1) is 0 Å². The molecule has 0 amide bonds. The Morgan fingerprint density at radius 2 is 1.95 bits per heavy atom. The quantitative estimate of drug-likeness (QED) is 0.342. The van der Waals surface area contributed by atoms with Gasteiger partial charge >= 0.3 is 5.97 Å². The number of allylic oxidation sites excluding steroid dienone is 1. The maximum atomic E-state index is 13.8. The van der Waals surface area contributed by atoms with Gasteiger partial charge in [-0.2, -0.15) is 0 Å². The maximum absolute atomic E-state index is 13.8. The van der Waals surface area contributed by atoms with Crippen LogP contribution in [0.2, 0.25) is 5.02 Å². The molecule has 2 aliphatic heterocycles. The Morgan fingerprint density at radius 3 is 2.74 bits per heavy atom. The van der Waals surface area contributed by atoms with Crippen molar-refractivity contribution in [2.24, 2.45) is 4.99 Å². The average Bonchev–Trinajstić information content (AvgIpc) is 3.63. The van der Waals surface area contributed by atoms with E-state index in [0.717, 1.165) is 5.56 Å². The van der Waals surface area contributed by atoms with Gasteiger partial charge in [0.25, 0.3) is 5.56 Å². The summed E-state index contributed by atoms with van der Waals surface area (Å²) in [5.74, 6) is 1.80. The first-order valence-electron chi connectivity index (χ1n) is 11.9. The summed E-state index contributed by atoms with van der Waals surface area (Å²) in [5, 5.41) is 0.635. The molecule has 0 saturated carbocycles. The Hall–Kier alpha value is -4.08. The smallest absolute Gasteiger partial charge is 0.338 e. The van der Waals surface area contributed by atoms with Crippen molar-refractivity contribution in [1.82, 2.24) is 4.57 Å². The number of hydrogen-bond donors (Lipinski definition) is 0. The van der Waals surface area contributed by atoms with Crippen molar-refractivity contribution in [2.45, 2.75) is 19.9 Å². The van der Waals surface area contributed by atoms with Crippen molar-refractivity contribution in [3.05, 3.63) is 102 Å². The van der Waals surface area contributed by atoms with Gasteiger partial charge in [-0.1, -0.05) is 29.0 Å². The van der Waals surface area contributed by atoms with Crippen LogP contribution in [-0.4, -0.2) is 23.9 Å². The molecule has 0 radical (unpaired) electrons. The summed E-state index contributed by atoms with van der Waals surface area (Å²) < 4.78 is 24.3. The summed E-state index contributed by atoms with van der Waals surface area (Å²) in [6.45, 7) is 3.79. The lowest BCUT2D eigenvalue weighted by molar-refractivity contribution is -0.139. The minimum atomic E-state index is -0.747. The highest BCUT2D eigenvalue weighted by Gasteiger charge is 2.34. The Balaban J connectivity index is 1.47. The van der Waals surface area contributed by atoms with E-state index >= 15 is 0 Å². The van der Waals surface area contributed by atoms with Crippen molar-refractivity contribution in [3.8, 4) is 22.8 Å². The third-order valence-electron chi connectivity index (χ3n) is 6.26. The number of benzene rings is 2. The highest BCUT2D eigenvalue weighted by Crippen LogP contribution is 2.38. The van der Waals surface area contributed by atoms with Crippen molar-refractivity contribution < 1.29 is 23.4 Å². The highest BCUT2D eigenvalue weighted by atomic mass is 35.5. The minimum absolute atomic E-state index is 0.113. The number of halogens is 1. The van der Waals surface area contributed by atoms with Gasteiger partial charge in [0.1, 0.15) is 11.5 Å². The van der Waals surface area contributed by atoms with Gasteiger partial charge in [0, 0.05) is 16.7 Å². The van der Waals surface area contributed by atoms with Crippen LogP contribution in [0.1, 0.15) is 31.2 Å². The van der Waals surface area contributed by atoms with Gasteiger partial charge in [-0.3, -0.25) is 9.36 Å². The second-order valence-electron chi connectivity index (χ2n) is 8.62. The van der Waals surface area contributed by atoms with Gasteiger partial charge in [-0.05, 0) is 67.9 Å². The molecule has 0 aliphatic carbocycles. The van der Waals surface area contributed by atoms with E-state index in [0.29, 0.717) is 54.2 Å². The predicted molar refractivity (Wildman–Crippen MR) is 142 cm³/mol. The molecule has 0 saturated heterocycles. The summed E-state index contributed by atoms with van der Waals surface area (Å²) in [4.78, 5) is 31.9. The van der Waals surface area contributed by atoms with E-state index in [-0.39, 0.29) is 19.0 Å². The molecule has 6 rings (SSSR count). The van der Waals surface area contributed by atoms with E-state index in [2.05, 4.69) is 4.99 Å². The number of aromatic nitrogens is 1. The van der Waals surface area contributed by atoms with Crippen LogP contribution >= 0.6 is 22.9 Å². The Morgan fingerprint density at radius 1 is 1.16 bits per heavy atom. The number of carbonyl (C=O) groups excluding carboxylic acids is 1. The molecule has 2 aromatic heterocycles. The topological polar surface area (TPSA) is 92.3 Å². The zero-order chi connectivity index (χ0) is 26.4. The van der Waals surface area contributed by atoms with E-state index in [1.54, 1.807) is 50.3 Å². The molecule has 0 N–H and O–H groups in total. The zero-order valence-corrected chi connectivity index (χ0v) is 22.0. The standard InChI is InChI=1S/C28H21ClN2O6S/c1-3-34-27(33)24-15(2)30-28-31(25(24)17-6-10-21-22(12-17)36-14-35-21)26(32)23(38-28)13-19-9-11-20(37-19)16-4-7-18(29)8-5-16/h4-13,25H,3,14H2,1-2H3/b23-13+/t25-/m0/s1. The Bertz CT molecular complexity index is 1780. The van der Waals surface area contributed by atoms with E-state index in [1.165, 1.54) is 15.9 Å². The molecule has 10 heteroatoms. The number of esters is 1. The summed E-state index contributed by atoms with van der Waals surface area (Å²) in [6.07, 6.45) is 1.68. The normalized spacial score (nSPS) is 16.4. The number of rotatable bonds is 5. The van der Waals surface area contributed by atoms with Crippen molar-refractivity contribution in [1.29, 1.82) is 0 Å². The van der Waals surface area contributed by atoms with Crippen LogP contribution < -0.4 is 24.4 Å². The highest BCUT2D eigenvalue weighted by molar-refractivity contribution is 7.07. The van der Waals surface area contributed by atoms with Crippen LogP contribution in [0.15, 0.2) is 80.1 Å². The lowest BCUT2D eigenvalue weighted by atomic mass is 9.95. The van der Waals surface area contributed by atoms with Crippen LogP contribution in [0.3, 0.4) is 0 Å². The zero-order valence-electron chi connectivity index (χ0n) is 20.4. The van der Waals surface area contributed by atoms with E-state index in [1.807, 2.05) is 24.3 Å². The van der Waals surface area contributed by atoms with Gasteiger partial charge < -0.3 is 18.6 Å². The number of fused-ring (bicyclic) bond motifs is 2. The van der Waals surface area contributed by atoms with E-state index in [4.69, 9.17) is 30.2 Å². The van der Waals surface area contributed by atoms with Crippen molar-refractivity contribution in [3.63, 3.8) is 0 Å². The molecule has 4 aromatic rings. The molecule has 0 bridgehead atoms.